The number of rotatable bonds is 3. The molecule has 0 aliphatic rings. The predicted molar refractivity (Wildman–Crippen MR) is 73.9 cm³/mol. The lowest BCUT2D eigenvalue weighted by molar-refractivity contribution is 0.588. The molecule has 0 N–H and O–H groups in total. The largest absolute Gasteiger partial charge is 0.288 e. The van der Waals surface area contributed by atoms with E-state index in [1.807, 2.05) is 60.7 Å². The second-order valence-electron chi connectivity index (χ2n) is 3.62. The van der Waals surface area contributed by atoms with Crippen LogP contribution in [0.25, 0.3) is 0 Å². The molecule has 3 heteroatoms. The highest BCUT2D eigenvalue weighted by atomic mass is 31.2. The van der Waals surface area contributed by atoms with Crippen LogP contribution in [0.2, 0.25) is 0 Å². The third-order valence-electron chi connectivity index (χ3n) is 2.49. The molecule has 0 bridgehead atoms. The molecule has 0 aromatic heterocycles. The van der Waals surface area contributed by atoms with Crippen molar-refractivity contribution in [2.24, 2.45) is 4.76 Å². The van der Waals surface area contributed by atoms with Crippen LogP contribution in [0.4, 0.5) is 0 Å². The van der Waals surface area contributed by atoms with Crippen molar-refractivity contribution < 1.29 is 4.57 Å². The maximum absolute atomic E-state index is 13.0. The van der Waals surface area contributed by atoms with Gasteiger partial charge in [-0.15, -0.1) is 0 Å². The van der Waals surface area contributed by atoms with Crippen LogP contribution in [-0.2, 0) is 4.57 Å². The minimum atomic E-state index is -2.85. The highest BCUT2D eigenvalue weighted by Crippen LogP contribution is 2.44. The zero-order chi connectivity index (χ0) is 12.1. The summed E-state index contributed by atoms with van der Waals surface area (Å²) in [4.78, 5) is 0. The summed E-state index contributed by atoms with van der Waals surface area (Å²) in [5.41, 5.74) is 0. The molecule has 0 aliphatic carbocycles. The molecule has 0 atom stereocenters. The van der Waals surface area contributed by atoms with Gasteiger partial charge in [0.25, 0.3) is 0 Å². The van der Waals surface area contributed by atoms with Gasteiger partial charge in [0.05, 0.1) is 0 Å². The van der Waals surface area contributed by atoms with E-state index in [0.717, 1.165) is 10.6 Å². The van der Waals surface area contributed by atoms with Gasteiger partial charge in [0.1, 0.15) is 0 Å². The summed E-state index contributed by atoms with van der Waals surface area (Å²) in [6.45, 7) is 1.79. The van der Waals surface area contributed by atoms with E-state index in [4.69, 9.17) is 0 Å². The van der Waals surface area contributed by atoms with Crippen LogP contribution in [-0.4, -0.2) is 6.21 Å². The maximum Gasteiger partial charge on any atom is 0.247 e. The van der Waals surface area contributed by atoms with Crippen LogP contribution < -0.4 is 10.6 Å². The fraction of sp³-hybridized carbons (Fsp3) is 0.0714. The van der Waals surface area contributed by atoms with Gasteiger partial charge in [0, 0.05) is 16.8 Å². The highest BCUT2D eigenvalue weighted by molar-refractivity contribution is 7.77. The van der Waals surface area contributed by atoms with Gasteiger partial charge in [-0.25, -0.2) is 4.76 Å². The van der Waals surface area contributed by atoms with Crippen molar-refractivity contribution >= 4 is 24.1 Å². The van der Waals surface area contributed by atoms with Gasteiger partial charge in [-0.3, -0.25) is 4.57 Å². The van der Waals surface area contributed by atoms with Crippen molar-refractivity contribution in [3.8, 4) is 0 Å². The van der Waals surface area contributed by atoms with Crippen molar-refractivity contribution in [1.82, 2.24) is 0 Å². The first-order valence-corrected chi connectivity index (χ1v) is 7.15. The molecule has 2 rings (SSSR count). The Morgan fingerprint density at radius 1 is 0.882 bits per heavy atom. The van der Waals surface area contributed by atoms with Gasteiger partial charge in [0.2, 0.25) is 7.29 Å². The molecule has 0 fully saturated rings. The molecular formula is C14H14NOP. The van der Waals surface area contributed by atoms with Crippen LogP contribution in [0.15, 0.2) is 65.4 Å². The van der Waals surface area contributed by atoms with E-state index in [2.05, 4.69) is 4.76 Å². The molecule has 0 spiro atoms. The van der Waals surface area contributed by atoms with Crippen molar-refractivity contribution in [2.75, 3.05) is 0 Å². The molecule has 2 nitrogen and oxygen atoms in total. The first kappa shape index (κ1) is 11.8. The first-order valence-electron chi connectivity index (χ1n) is 5.49. The third-order valence-corrected chi connectivity index (χ3v) is 5.04. The standard InChI is InChI=1S/C14H14NOP/c1-2-15-17(16,13-9-5-3-6-10-13)14-11-7-4-8-12-14/h2-12H,1H3/b15-2+. The average Bonchev–Trinajstić information content (AvgIpc) is 2.41. The summed E-state index contributed by atoms with van der Waals surface area (Å²) in [5, 5.41) is 1.54. The predicted octanol–water partition coefficient (Wildman–Crippen LogP) is 3.01. The van der Waals surface area contributed by atoms with Gasteiger partial charge in [-0.2, -0.15) is 0 Å². The third kappa shape index (κ3) is 2.37. The lowest BCUT2D eigenvalue weighted by atomic mass is 10.4. The van der Waals surface area contributed by atoms with E-state index in [0.29, 0.717) is 0 Å². The fourth-order valence-electron chi connectivity index (χ4n) is 1.71. The molecule has 2 aromatic rings. The summed E-state index contributed by atoms with van der Waals surface area (Å²) in [7, 11) is -2.85. The molecule has 0 heterocycles. The zero-order valence-electron chi connectivity index (χ0n) is 9.65. The molecule has 0 saturated heterocycles. The topological polar surface area (TPSA) is 29.4 Å². The van der Waals surface area contributed by atoms with Crippen LogP contribution in [0.1, 0.15) is 6.92 Å². The lowest BCUT2D eigenvalue weighted by Crippen LogP contribution is -2.13. The number of nitrogens with zero attached hydrogens (tertiary/aromatic N) is 1. The SMILES string of the molecule is C/C=N/P(=O)(c1ccccc1)c1ccccc1. The maximum atomic E-state index is 13.0. The van der Waals surface area contributed by atoms with Gasteiger partial charge >= 0.3 is 0 Å². The van der Waals surface area contributed by atoms with Gasteiger partial charge in [-0.05, 0) is 31.2 Å². The second kappa shape index (κ2) is 5.11. The molecule has 0 aliphatic heterocycles. The van der Waals surface area contributed by atoms with Crippen molar-refractivity contribution in [3.63, 3.8) is 0 Å². The molecule has 17 heavy (non-hydrogen) atoms. The van der Waals surface area contributed by atoms with Crippen molar-refractivity contribution in [3.05, 3.63) is 60.7 Å². The van der Waals surface area contributed by atoms with E-state index < -0.39 is 7.29 Å². The Bertz CT molecular complexity index is 505. The Hall–Kier alpha value is -1.66. The van der Waals surface area contributed by atoms with Crippen LogP contribution in [0, 0.1) is 0 Å². The Morgan fingerprint density at radius 2 is 1.29 bits per heavy atom. The normalized spacial score (nSPS) is 11.8. The summed E-state index contributed by atoms with van der Waals surface area (Å²) >= 11 is 0. The van der Waals surface area contributed by atoms with E-state index in [1.165, 1.54) is 0 Å². The van der Waals surface area contributed by atoms with Crippen LogP contribution >= 0.6 is 7.29 Å². The molecule has 0 radical (unpaired) electrons. The van der Waals surface area contributed by atoms with Gasteiger partial charge in [0.15, 0.2) is 0 Å². The minimum Gasteiger partial charge on any atom is -0.288 e. The van der Waals surface area contributed by atoms with Crippen molar-refractivity contribution in [1.29, 1.82) is 0 Å². The molecule has 0 unspecified atom stereocenters. The molecular weight excluding hydrogens is 229 g/mol. The van der Waals surface area contributed by atoms with E-state index in [-0.39, 0.29) is 0 Å². The summed E-state index contributed by atoms with van der Waals surface area (Å²) in [6.07, 6.45) is 1.61. The summed E-state index contributed by atoms with van der Waals surface area (Å²) < 4.78 is 17.2. The quantitative estimate of drug-likeness (QED) is 0.602. The molecule has 0 saturated carbocycles. The Labute approximate surface area is 101 Å². The average molecular weight is 243 g/mol. The molecule has 86 valence electrons. The fourth-order valence-corrected chi connectivity index (χ4v) is 3.75. The van der Waals surface area contributed by atoms with Gasteiger partial charge in [-0.1, -0.05) is 36.4 Å². The van der Waals surface area contributed by atoms with E-state index in [9.17, 15) is 4.57 Å². The summed E-state index contributed by atoms with van der Waals surface area (Å²) in [6, 6.07) is 18.8. The summed E-state index contributed by atoms with van der Waals surface area (Å²) in [5.74, 6) is 0. The Morgan fingerprint density at radius 3 is 1.65 bits per heavy atom. The monoisotopic (exact) mass is 243 g/mol. The van der Waals surface area contributed by atoms with E-state index >= 15 is 0 Å². The zero-order valence-corrected chi connectivity index (χ0v) is 10.5. The number of hydrogen-bond acceptors (Lipinski definition) is 1. The smallest absolute Gasteiger partial charge is 0.247 e. The minimum absolute atomic E-state index is 0.768. The number of hydrogen-bond donors (Lipinski definition) is 0. The van der Waals surface area contributed by atoms with Crippen molar-refractivity contribution in [2.45, 2.75) is 6.92 Å². The second-order valence-corrected chi connectivity index (χ2v) is 6.04. The number of benzene rings is 2. The Kier molecular flexibility index (Phi) is 3.55. The molecule has 0 amide bonds. The lowest BCUT2D eigenvalue weighted by Gasteiger charge is -2.13. The highest BCUT2D eigenvalue weighted by Gasteiger charge is 2.24. The molecule has 2 aromatic carbocycles. The van der Waals surface area contributed by atoms with E-state index in [1.54, 1.807) is 13.1 Å². The van der Waals surface area contributed by atoms with Crippen LogP contribution in [0.3, 0.4) is 0 Å². The Balaban J connectivity index is 2.60. The van der Waals surface area contributed by atoms with Crippen LogP contribution in [0.5, 0.6) is 0 Å². The van der Waals surface area contributed by atoms with Gasteiger partial charge < -0.3 is 0 Å². The first-order chi connectivity index (χ1) is 8.27.